The van der Waals surface area contributed by atoms with Crippen LogP contribution in [0.25, 0.3) is 0 Å². The summed E-state index contributed by atoms with van der Waals surface area (Å²) >= 11 is 5.57. The molecular weight excluding hydrogens is 313 g/mol. The largest absolute Gasteiger partial charge is 0.364 e. The molecule has 0 aromatic heterocycles. The molecule has 0 aliphatic carbocycles. The average Bonchev–Trinajstić information content (AvgIpc) is 2.75. The minimum Gasteiger partial charge on any atom is -0.324 e. The number of hydroxylamine groups is 2. The van der Waals surface area contributed by atoms with Crippen LogP contribution in [-0.2, 0) is 4.84 Å². The number of amides is 2. The van der Waals surface area contributed by atoms with Crippen molar-refractivity contribution in [3.05, 3.63) is 70.0 Å². The Hall–Kier alpha value is -2.73. The van der Waals surface area contributed by atoms with Crippen LogP contribution in [0.4, 0.5) is 4.39 Å². The highest BCUT2D eigenvalue weighted by Gasteiger charge is 2.38. The standard InChI is InChI=1S/C15H7ClFNO4/c16-11-7-8(5-6-12(11)17)15(21)22-18-13(19)9-3-1-2-4-10(9)14(18)20/h1-7H. The van der Waals surface area contributed by atoms with Gasteiger partial charge in [-0.3, -0.25) is 9.59 Å². The molecule has 2 aromatic carbocycles. The van der Waals surface area contributed by atoms with Crippen molar-refractivity contribution in [2.24, 2.45) is 0 Å². The highest BCUT2D eigenvalue weighted by Crippen LogP contribution is 2.24. The van der Waals surface area contributed by atoms with Crippen LogP contribution in [0.5, 0.6) is 0 Å². The highest BCUT2D eigenvalue weighted by atomic mass is 35.5. The molecule has 7 heteroatoms. The van der Waals surface area contributed by atoms with E-state index >= 15 is 0 Å². The van der Waals surface area contributed by atoms with Crippen LogP contribution in [0.1, 0.15) is 31.1 Å². The molecule has 0 atom stereocenters. The van der Waals surface area contributed by atoms with Gasteiger partial charge in [-0.25, -0.2) is 9.18 Å². The van der Waals surface area contributed by atoms with Crippen LogP contribution in [0.3, 0.4) is 0 Å². The lowest BCUT2D eigenvalue weighted by Gasteiger charge is -2.12. The third kappa shape index (κ3) is 2.23. The van der Waals surface area contributed by atoms with Gasteiger partial charge in [0.1, 0.15) is 5.82 Å². The highest BCUT2D eigenvalue weighted by molar-refractivity contribution is 6.31. The number of hydrogen-bond donors (Lipinski definition) is 0. The van der Waals surface area contributed by atoms with Crippen molar-refractivity contribution >= 4 is 29.4 Å². The second kappa shape index (κ2) is 5.23. The van der Waals surface area contributed by atoms with Gasteiger partial charge in [-0.15, -0.1) is 0 Å². The summed E-state index contributed by atoms with van der Waals surface area (Å²) in [4.78, 5) is 40.8. The Bertz CT molecular complexity index is 786. The van der Waals surface area contributed by atoms with Crippen molar-refractivity contribution < 1.29 is 23.6 Å². The summed E-state index contributed by atoms with van der Waals surface area (Å²) in [6.07, 6.45) is 0. The summed E-state index contributed by atoms with van der Waals surface area (Å²) < 4.78 is 13.1. The van der Waals surface area contributed by atoms with E-state index in [9.17, 15) is 18.8 Å². The topological polar surface area (TPSA) is 63.7 Å². The summed E-state index contributed by atoms with van der Waals surface area (Å²) in [5, 5.41) is 0.112. The van der Waals surface area contributed by atoms with Gasteiger partial charge in [0.2, 0.25) is 0 Å². The maximum absolute atomic E-state index is 13.1. The van der Waals surface area contributed by atoms with Crippen LogP contribution >= 0.6 is 11.6 Å². The summed E-state index contributed by atoms with van der Waals surface area (Å²) in [5.74, 6) is -3.15. The first-order valence-corrected chi connectivity index (χ1v) is 6.52. The Morgan fingerprint density at radius 2 is 1.64 bits per heavy atom. The van der Waals surface area contributed by atoms with Crippen LogP contribution in [-0.4, -0.2) is 22.8 Å². The quantitative estimate of drug-likeness (QED) is 0.798. The second-order valence-electron chi connectivity index (χ2n) is 4.46. The number of hydrogen-bond acceptors (Lipinski definition) is 4. The van der Waals surface area contributed by atoms with Gasteiger partial charge in [-0.05, 0) is 30.3 Å². The maximum Gasteiger partial charge on any atom is 0.364 e. The zero-order chi connectivity index (χ0) is 15.9. The molecule has 3 rings (SSSR count). The number of rotatable bonds is 2. The fourth-order valence-electron chi connectivity index (χ4n) is 2.01. The molecule has 22 heavy (non-hydrogen) atoms. The second-order valence-corrected chi connectivity index (χ2v) is 4.87. The number of halogens is 2. The Morgan fingerprint density at radius 3 is 2.18 bits per heavy atom. The Balaban J connectivity index is 1.85. The lowest BCUT2D eigenvalue weighted by molar-refractivity contribution is -0.0584. The zero-order valence-electron chi connectivity index (χ0n) is 10.9. The van der Waals surface area contributed by atoms with E-state index in [4.69, 9.17) is 16.4 Å². The van der Waals surface area contributed by atoms with Crippen molar-refractivity contribution in [3.8, 4) is 0 Å². The SMILES string of the molecule is O=C(ON1C(=O)c2ccccc2C1=O)c1ccc(F)c(Cl)c1. The smallest absolute Gasteiger partial charge is 0.324 e. The first-order chi connectivity index (χ1) is 10.5. The molecule has 0 saturated heterocycles. The van der Waals surface area contributed by atoms with Gasteiger partial charge in [0, 0.05) is 0 Å². The predicted octanol–water partition coefficient (Wildman–Crippen LogP) is 2.85. The van der Waals surface area contributed by atoms with E-state index in [0.29, 0.717) is 5.06 Å². The Labute approximate surface area is 128 Å². The molecule has 1 heterocycles. The van der Waals surface area contributed by atoms with Crippen LogP contribution < -0.4 is 0 Å². The summed E-state index contributed by atoms with van der Waals surface area (Å²) in [6, 6.07) is 9.28. The lowest BCUT2D eigenvalue weighted by Crippen LogP contribution is -2.32. The minimum absolute atomic E-state index is 0.0806. The number of nitrogens with zero attached hydrogens (tertiary/aromatic N) is 1. The monoisotopic (exact) mass is 319 g/mol. The van der Waals surface area contributed by atoms with Crippen molar-refractivity contribution in [3.63, 3.8) is 0 Å². The molecule has 5 nitrogen and oxygen atoms in total. The van der Waals surface area contributed by atoms with Crippen LogP contribution in [0, 0.1) is 5.82 Å². The zero-order valence-corrected chi connectivity index (χ0v) is 11.6. The molecule has 2 amide bonds. The third-order valence-corrected chi connectivity index (χ3v) is 3.38. The summed E-state index contributed by atoms with van der Waals surface area (Å²) in [7, 11) is 0. The maximum atomic E-state index is 13.1. The van der Waals surface area contributed by atoms with E-state index in [-0.39, 0.29) is 21.7 Å². The molecule has 0 fully saturated rings. The molecule has 0 N–H and O–H groups in total. The van der Waals surface area contributed by atoms with Crippen molar-refractivity contribution in [1.82, 2.24) is 5.06 Å². The van der Waals surface area contributed by atoms with Crippen molar-refractivity contribution in [2.75, 3.05) is 0 Å². The molecule has 0 saturated carbocycles. The van der Waals surface area contributed by atoms with E-state index in [1.54, 1.807) is 12.1 Å². The van der Waals surface area contributed by atoms with Crippen molar-refractivity contribution in [2.45, 2.75) is 0 Å². The first kappa shape index (κ1) is 14.2. The fourth-order valence-corrected chi connectivity index (χ4v) is 2.19. The van der Waals surface area contributed by atoms with Crippen LogP contribution in [0.2, 0.25) is 5.02 Å². The number of carbonyl (C=O) groups is 3. The van der Waals surface area contributed by atoms with E-state index in [2.05, 4.69) is 0 Å². The molecule has 0 radical (unpaired) electrons. The van der Waals surface area contributed by atoms with Gasteiger partial charge in [0.25, 0.3) is 11.8 Å². The van der Waals surface area contributed by atoms with Gasteiger partial charge in [0.05, 0.1) is 21.7 Å². The molecular formula is C15H7ClFNO4. The van der Waals surface area contributed by atoms with E-state index in [1.807, 2.05) is 0 Å². The number of imide groups is 1. The van der Waals surface area contributed by atoms with E-state index < -0.39 is 23.6 Å². The third-order valence-electron chi connectivity index (χ3n) is 3.09. The Kier molecular flexibility index (Phi) is 3.38. The molecule has 0 spiro atoms. The normalized spacial score (nSPS) is 13.3. The van der Waals surface area contributed by atoms with Gasteiger partial charge < -0.3 is 4.84 Å². The fraction of sp³-hybridized carbons (Fsp3) is 0. The van der Waals surface area contributed by atoms with Gasteiger partial charge >= 0.3 is 5.97 Å². The van der Waals surface area contributed by atoms with E-state index in [1.165, 1.54) is 12.1 Å². The molecule has 1 aliphatic heterocycles. The summed E-state index contributed by atoms with van der Waals surface area (Å²) in [6.45, 7) is 0. The molecule has 0 unspecified atom stereocenters. The average molecular weight is 320 g/mol. The molecule has 1 aliphatic rings. The summed E-state index contributed by atoms with van der Waals surface area (Å²) in [5.41, 5.74) is 0.220. The number of carbonyl (C=O) groups excluding carboxylic acids is 3. The molecule has 0 bridgehead atoms. The van der Waals surface area contributed by atoms with E-state index in [0.717, 1.165) is 18.2 Å². The Morgan fingerprint density at radius 1 is 1.05 bits per heavy atom. The van der Waals surface area contributed by atoms with Crippen molar-refractivity contribution in [1.29, 1.82) is 0 Å². The van der Waals surface area contributed by atoms with Gasteiger partial charge in [0.15, 0.2) is 0 Å². The lowest BCUT2D eigenvalue weighted by atomic mass is 10.1. The predicted molar refractivity (Wildman–Crippen MR) is 73.8 cm³/mol. The molecule has 110 valence electrons. The number of fused-ring (bicyclic) bond motifs is 1. The van der Waals surface area contributed by atoms with Gasteiger partial charge in [-0.2, -0.15) is 0 Å². The molecule has 2 aromatic rings. The minimum atomic E-state index is -0.989. The number of benzene rings is 2. The van der Waals surface area contributed by atoms with Gasteiger partial charge in [-0.1, -0.05) is 28.8 Å². The van der Waals surface area contributed by atoms with Crippen LogP contribution in [0.15, 0.2) is 42.5 Å². The first-order valence-electron chi connectivity index (χ1n) is 6.14.